The van der Waals surface area contributed by atoms with Crippen LogP contribution in [0.2, 0.25) is 0 Å². The van der Waals surface area contributed by atoms with Crippen LogP contribution in [0.4, 0.5) is 5.88 Å². The molecule has 9 heteroatoms. The molecule has 0 amide bonds. The molecule has 2 aliphatic heterocycles. The predicted molar refractivity (Wildman–Crippen MR) is 90.6 cm³/mol. The zero-order chi connectivity index (χ0) is 14.7. The average Bonchev–Trinajstić information content (AvgIpc) is 3.00. The molecule has 1 N–H and O–H groups in total. The SMILES string of the molecule is Cl.Cl.O=[N+]([O-])c1ccc([C@H](C2CCOCC2)N2CCNCC2)o1. The fourth-order valence-electron chi connectivity index (χ4n) is 3.30. The van der Waals surface area contributed by atoms with Gasteiger partial charge in [0.2, 0.25) is 0 Å². The van der Waals surface area contributed by atoms with Gasteiger partial charge in [-0.3, -0.25) is 15.0 Å². The van der Waals surface area contributed by atoms with Crippen molar-refractivity contribution in [2.45, 2.75) is 18.9 Å². The number of nitro groups is 1. The van der Waals surface area contributed by atoms with Gasteiger partial charge in [0.15, 0.2) is 0 Å². The van der Waals surface area contributed by atoms with E-state index in [-0.39, 0.29) is 36.7 Å². The van der Waals surface area contributed by atoms with E-state index < -0.39 is 4.92 Å². The Morgan fingerprint density at radius 2 is 1.87 bits per heavy atom. The molecule has 132 valence electrons. The molecule has 7 nitrogen and oxygen atoms in total. The molecule has 1 aromatic rings. The summed E-state index contributed by atoms with van der Waals surface area (Å²) >= 11 is 0. The van der Waals surface area contributed by atoms with Crippen molar-refractivity contribution in [3.63, 3.8) is 0 Å². The highest BCUT2D eigenvalue weighted by atomic mass is 35.5. The number of piperazine rings is 1. The molecule has 1 atom stereocenters. The number of nitrogens with zero attached hydrogens (tertiary/aromatic N) is 2. The van der Waals surface area contributed by atoms with E-state index in [9.17, 15) is 10.1 Å². The fraction of sp³-hybridized carbons (Fsp3) is 0.714. The van der Waals surface area contributed by atoms with Crippen molar-refractivity contribution in [3.05, 3.63) is 28.0 Å². The number of ether oxygens (including phenoxy) is 1. The summed E-state index contributed by atoms with van der Waals surface area (Å²) < 4.78 is 11.0. The van der Waals surface area contributed by atoms with E-state index in [0.717, 1.165) is 58.0 Å². The van der Waals surface area contributed by atoms with Gasteiger partial charge in [-0.25, -0.2) is 0 Å². The van der Waals surface area contributed by atoms with Gasteiger partial charge in [0.05, 0.1) is 12.1 Å². The second-order valence-corrected chi connectivity index (χ2v) is 5.61. The van der Waals surface area contributed by atoms with Crippen LogP contribution in [-0.2, 0) is 4.74 Å². The van der Waals surface area contributed by atoms with Crippen LogP contribution in [0.5, 0.6) is 0 Å². The lowest BCUT2D eigenvalue weighted by atomic mass is 9.88. The third kappa shape index (κ3) is 4.81. The number of halogens is 2. The number of hydrogen-bond donors (Lipinski definition) is 1. The number of rotatable bonds is 4. The molecule has 0 saturated carbocycles. The molecule has 0 aliphatic carbocycles. The summed E-state index contributed by atoms with van der Waals surface area (Å²) in [6.45, 7) is 5.30. The second-order valence-electron chi connectivity index (χ2n) is 5.61. The van der Waals surface area contributed by atoms with Crippen molar-refractivity contribution < 1.29 is 14.1 Å². The van der Waals surface area contributed by atoms with Gasteiger partial charge in [-0.15, -0.1) is 24.8 Å². The normalized spacial score (nSPS) is 21.0. The van der Waals surface area contributed by atoms with Gasteiger partial charge in [0.25, 0.3) is 0 Å². The van der Waals surface area contributed by atoms with Crippen LogP contribution in [0, 0.1) is 16.0 Å². The van der Waals surface area contributed by atoms with Gasteiger partial charge in [-0.05, 0) is 24.8 Å². The molecule has 2 saturated heterocycles. The maximum absolute atomic E-state index is 10.9. The first kappa shape index (κ1) is 20.2. The minimum atomic E-state index is -0.470. The van der Waals surface area contributed by atoms with Crippen molar-refractivity contribution in [2.24, 2.45) is 5.92 Å². The summed E-state index contributed by atoms with van der Waals surface area (Å²) in [5.41, 5.74) is 0. The topological polar surface area (TPSA) is 80.8 Å². The summed E-state index contributed by atoms with van der Waals surface area (Å²) in [5, 5.41) is 14.2. The number of hydrogen-bond acceptors (Lipinski definition) is 6. The Kier molecular flexibility index (Phi) is 8.28. The van der Waals surface area contributed by atoms with E-state index in [4.69, 9.17) is 9.15 Å². The van der Waals surface area contributed by atoms with Crippen LogP contribution >= 0.6 is 24.8 Å². The standard InChI is InChI=1S/C14H21N3O4.2ClH/c18-17(19)13-2-1-12(21-13)14(11-3-9-20-10-4-11)16-7-5-15-6-8-16;;/h1-2,11,14-15H,3-10H2;2*1H/t14-;;/m0../s1. The molecule has 0 unspecified atom stereocenters. The smallest absolute Gasteiger partial charge is 0.404 e. The molecular weight excluding hydrogens is 345 g/mol. The quantitative estimate of drug-likeness (QED) is 0.649. The van der Waals surface area contributed by atoms with Crippen molar-refractivity contribution in [3.8, 4) is 0 Å². The third-order valence-corrected chi connectivity index (χ3v) is 4.34. The zero-order valence-electron chi connectivity index (χ0n) is 12.8. The van der Waals surface area contributed by atoms with Crippen LogP contribution in [0.3, 0.4) is 0 Å². The largest absolute Gasteiger partial charge is 0.433 e. The molecule has 2 fully saturated rings. The highest BCUT2D eigenvalue weighted by molar-refractivity contribution is 5.85. The minimum Gasteiger partial charge on any atom is -0.404 e. The van der Waals surface area contributed by atoms with Crippen LogP contribution < -0.4 is 5.32 Å². The van der Waals surface area contributed by atoms with Gasteiger partial charge < -0.3 is 14.5 Å². The lowest BCUT2D eigenvalue weighted by Gasteiger charge is -2.39. The average molecular weight is 368 g/mol. The Morgan fingerprint density at radius 3 is 2.43 bits per heavy atom. The molecule has 1 aromatic heterocycles. The van der Waals surface area contributed by atoms with E-state index in [2.05, 4.69) is 10.2 Å². The maximum Gasteiger partial charge on any atom is 0.433 e. The number of nitrogens with one attached hydrogen (secondary N) is 1. The first-order valence-electron chi connectivity index (χ1n) is 7.52. The highest BCUT2D eigenvalue weighted by Crippen LogP contribution is 2.37. The minimum absolute atomic E-state index is 0. The van der Waals surface area contributed by atoms with Crippen molar-refractivity contribution in [2.75, 3.05) is 39.4 Å². The lowest BCUT2D eigenvalue weighted by molar-refractivity contribution is -0.402. The molecule has 0 aromatic carbocycles. The van der Waals surface area contributed by atoms with Crippen LogP contribution in [0.25, 0.3) is 0 Å². The van der Waals surface area contributed by atoms with Crippen LogP contribution in [0.1, 0.15) is 24.6 Å². The molecule has 2 aliphatic rings. The lowest BCUT2D eigenvalue weighted by Crippen LogP contribution is -2.47. The summed E-state index contributed by atoms with van der Waals surface area (Å²) in [7, 11) is 0. The van der Waals surface area contributed by atoms with E-state index in [1.807, 2.05) is 0 Å². The molecule has 0 radical (unpaired) electrons. The molecule has 3 heterocycles. The van der Waals surface area contributed by atoms with E-state index >= 15 is 0 Å². The molecule has 0 spiro atoms. The van der Waals surface area contributed by atoms with E-state index in [0.29, 0.717) is 5.92 Å². The van der Waals surface area contributed by atoms with Gasteiger partial charge in [0.1, 0.15) is 10.7 Å². The maximum atomic E-state index is 10.9. The summed E-state index contributed by atoms with van der Waals surface area (Å²) in [6.07, 6.45) is 1.95. The third-order valence-electron chi connectivity index (χ3n) is 4.34. The molecule has 0 bridgehead atoms. The fourth-order valence-corrected chi connectivity index (χ4v) is 3.30. The molecular formula is C14H23Cl2N3O4. The molecule has 23 heavy (non-hydrogen) atoms. The monoisotopic (exact) mass is 367 g/mol. The first-order chi connectivity index (χ1) is 10.3. The van der Waals surface area contributed by atoms with Crippen LogP contribution in [-0.4, -0.2) is 49.2 Å². The van der Waals surface area contributed by atoms with E-state index in [1.54, 1.807) is 6.07 Å². The van der Waals surface area contributed by atoms with Crippen molar-refractivity contribution in [1.29, 1.82) is 0 Å². The van der Waals surface area contributed by atoms with Gasteiger partial charge in [-0.2, -0.15) is 0 Å². The van der Waals surface area contributed by atoms with Crippen LogP contribution in [0.15, 0.2) is 16.5 Å². The molecule has 3 rings (SSSR count). The number of furan rings is 1. The Hall–Kier alpha value is -0.860. The second kappa shape index (κ2) is 9.44. The highest BCUT2D eigenvalue weighted by Gasteiger charge is 2.34. The summed E-state index contributed by atoms with van der Waals surface area (Å²) in [5.74, 6) is 0.982. The van der Waals surface area contributed by atoms with Gasteiger partial charge >= 0.3 is 5.88 Å². The Bertz CT molecular complexity index is 470. The first-order valence-corrected chi connectivity index (χ1v) is 7.52. The van der Waals surface area contributed by atoms with Gasteiger partial charge in [0, 0.05) is 39.4 Å². The zero-order valence-corrected chi connectivity index (χ0v) is 14.4. The summed E-state index contributed by atoms with van der Waals surface area (Å²) in [4.78, 5) is 12.8. The Balaban J connectivity index is 0.00000132. The van der Waals surface area contributed by atoms with Gasteiger partial charge in [-0.1, -0.05) is 0 Å². The van der Waals surface area contributed by atoms with E-state index in [1.165, 1.54) is 6.07 Å². The Labute approximate surface area is 147 Å². The van der Waals surface area contributed by atoms with Crippen molar-refractivity contribution >= 4 is 30.7 Å². The summed E-state index contributed by atoms with van der Waals surface area (Å²) in [6, 6.07) is 3.34. The van der Waals surface area contributed by atoms with Crippen molar-refractivity contribution in [1.82, 2.24) is 10.2 Å². The Morgan fingerprint density at radius 1 is 1.22 bits per heavy atom. The predicted octanol–water partition coefficient (Wildman–Crippen LogP) is 2.40.